The summed E-state index contributed by atoms with van der Waals surface area (Å²) < 4.78 is 7.03. The molecule has 2 aromatic rings. The summed E-state index contributed by atoms with van der Waals surface area (Å²) >= 11 is 6.47. The Balaban J connectivity index is 1.53. The van der Waals surface area contributed by atoms with Crippen LogP contribution in [0.25, 0.3) is 6.08 Å². The summed E-state index contributed by atoms with van der Waals surface area (Å²) in [7, 11) is 1.68. The van der Waals surface area contributed by atoms with Crippen molar-refractivity contribution < 1.29 is 14.4 Å². The van der Waals surface area contributed by atoms with E-state index < -0.39 is 0 Å². The average molecular weight is 432 g/mol. The Kier molecular flexibility index (Phi) is 7.56. The zero-order chi connectivity index (χ0) is 21.7. The van der Waals surface area contributed by atoms with E-state index in [0.29, 0.717) is 11.1 Å². The number of benzene rings is 1. The van der Waals surface area contributed by atoms with Gasteiger partial charge in [-0.3, -0.25) is 9.48 Å². The molecule has 1 aliphatic heterocycles. The number of nitrogens with one attached hydrogen (secondary N) is 1. The van der Waals surface area contributed by atoms with Gasteiger partial charge in [0.1, 0.15) is 17.4 Å². The second kappa shape index (κ2) is 10.1. The minimum Gasteiger partial charge on any atom is -0.497 e. The first-order valence-electron chi connectivity index (χ1n) is 10.5. The molecule has 1 aromatic carbocycles. The first-order chi connectivity index (χ1) is 14.4. The second-order valence-electron chi connectivity index (χ2n) is 8.30. The van der Waals surface area contributed by atoms with Gasteiger partial charge in [0, 0.05) is 23.7 Å². The summed E-state index contributed by atoms with van der Waals surface area (Å²) in [6, 6.07) is 8.21. The molecule has 0 radical (unpaired) electrons. The SMILES string of the molecule is COc1ccc(C[NH+]2CCN(C(=O)/C=C/c3c(C)nn(CC(C)C)c3Cl)CC2)cc1. The maximum Gasteiger partial charge on any atom is 0.246 e. The van der Waals surface area contributed by atoms with Crippen LogP contribution in [-0.2, 0) is 17.9 Å². The number of hydrogen-bond acceptors (Lipinski definition) is 3. The van der Waals surface area contributed by atoms with E-state index in [-0.39, 0.29) is 5.91 Å². The summed E-state index contributed by atoms with van der Waals surface area (Å²) in [5.41, 5.74) is 2.96. The summed E-state index contributed by atoms with van der Waals surface area (Å²) in [5, 5.41) is 5.10. The van der Waals surface area contributed by atoms with Crippen LogP contribution in [0, 0.1) is 12.8 Å². The minimum absolute atomic E-state index is 0.0329. The number of piperazine rings is 1. The molecular formula is C23H32ClN4O2+. The third-order valence-electron chi connectivity index (χ3n) is 5.44. The second-order valence-corrected chi connectivity index (χ2v) is 8.66. The maximum absolute atomic E-state index is 12.7. The average Bonchev–Trinajstić information content (AvgIpc) is 2.99. The third-order valence-corrected chi connectivity index (χ3v) is 5.83. The number of hydrogen-bond donors (Lipinski definition) is 1. The lowest BCUT2D eigenvalue weighted by atomic mass is 10.2. The summed E-state index contributed by atoms with van der Waals surface area (Å²) in [5.74, 6) is 1.36. The fourth-order valence-electron chi connectivity index (χ4n) is 3.74. The summed E-state index contributed by atoms with van der Waals surface area (Å²) in [6.45, 7) is 11.3. The van der Waals surface area contributed by atoms with E-state index in [4.69, 9.17) is 16.3 Å². The molecule has 1 saturated heterocycles. The van der Waals surface area contributed by atoms with E-state index in [9.17, 15) is 4.79 Å². The Morgan fingerprint density at radius 1 is 1.27 bits per heavy atom. The largest absolute Gasteiger partial charge is 0.497 e. The van der Waals surface area contributed by atoms with Crippen molar-refractivity contribution in [3.8, 4) is 5.75 Å². The molecule has 1 N–H and O–H groups in total. The van der Waals surface area contributed by atoms with Gasteiger partial charge in [0.2, 0.25) is 5.91 Å². The molecule has 1 aliphatic rings. The lowest BCUT2D eigenvalue weighted by molar-refractivity contribution is -0.917. The van der Waals surface area contributed by atoms with Crippen LogP contribution < -0.4 is 9.64 Å². The predicted octanol–water partition coefficient (Wildman–Crippen LogP) is 2.45. The number of amides is 1. The molecular weight excluding hydrogens is 400 g/mol. The van der Waals surface area contributed by atoms with Crippen molar-refractivity contribution in [2.24, 2.45) is 5.92 Å². The topological polar surface area (TPSA) is 51.8 Å². The van der Waals surface area contributed by atoms with Crippen LogP contribution in [0.15, 0.2) is 30.3 Å². The minimum atomic E-state index is 0.0329. The van der Waals surface area contributed by atoms with Crippen LogP contribution in [0.5, 0.6) is 5.75 Å². The highest BCUT2D eigenvalue weighted by atomic mass is 35.5. The number of quaternary nitrogens is 1. The molecule has 1 aromatic heterocycles. The van der Waals surface area contributed by atoms with Crippen molar-refractivity contribution in [2.45, 2.75) is 33.9 Å². The van der Waals surface area contributed by atoms with E-state index in [2.05, 4.69) is 31.1 Å². The fourth-order valence-corrected chi connectivity index (χ4v) is 4.04. The van der Waals surface area contributed by atoms with Crippen LogP contribution >= 0.6 is 11.6 Å². The number of ether oxygens (including phenoxy) is 1. The molecule has 0 atom stereocenters. The molecule has 2 heterocycles. The van der Waals surface area contributed by atoms with E-state index in [1.54, 1.807) is 19.3 Å². The highest BCUT2D eigenvalue weighted by molar-refractivity contribution is 6.31. The number of aromatic nitrogens is 2. The summed E-state index contributed by atoms with van der Waals surface area (Å²) in [4.78, 5) is 16.1. The van der Waals surface area contributed by atoms with Crippen molar-refractivity contribution >= 4 is 23.6 Å². The number of rotatable bonds is 7. The van der Waals surface area contributed by atoms with Crippen LogP contribution in [0.2, 0.25) is 5.15 Å². The number of nitrogens with zero attached hydrogens (tertiary/aromatic N) is 3. The smallest absolute Gasteiger partial charge is 0.246 e. The summed E-state index contributed by atoms with van der Waals surface area (Å²) in [6.07, 6.45) is 3.44. The zero-order valence-corrected chi connectivity index (χ0v) is 19.1. The van der Waals surface area contributed by atoms with Crippen LogP contribution in [0.4, 0.5) is 0 Å². The predicted molar refractivity (Wildman–Crippen MR) is 120 cm³/mol. The van der Waals surface area contributed by atoms with Gasteiger partial charge in [-0.25, -0.2) is 0 Å². The highest BCUT2D eigenvalue weighted by Crippen LogP contribution is 2.22. The van der Waals surface area contributed by atoms with Gasteiger partial charge in [-0.1, -0.05) is 25.4 Å². The van der Waals surface area contributed by atoms with E-state index in [0.717, 1.165) is 56.3 Å². The van der Waals surface area contributed by atoms with Gasteiger partial charge in [-0.2, -0.15) is 5.10 Å². The number of halogens is 1. The Morgan fingerprint density at radius 3 is 2.53 bits per heavy atom. The molecule has 1 amide bonds. The number of carbonyl (C=O) groups excluding carboxylic acids is 1. The van der Waals surface area contributed by atoms with Gasteiger partial charge in [-0.15, -0.1) is 0 Å². The van der Waals surface area contributed by atoms with Crippen molar-refractivity contribution in [1.82, 2.24) is 14.7 Å². The monoisotopic (exact) mass is 431 g/mol. The first-order valence-corrected chi connectivity index (χ1v) is 10.9. The van der Waals surface area contributed by atoms with Crippen molar-refractivity contribution in [1.29, 1.82) is 0 Å². The van der Waals surface area contributed by atoms with Crippen molar-refractivity contribution in [3.63, 3.8) is 0 Å². The molecule has 6 nitrogen and oxygen atoms in total. The molecule has 3 rings (SSSR count). The maximum atomic E-state index is 12.7. The number of aryl methyl sites for hydroxylation is 1. The normalized spacial score (nSPS) is 15.3. The standard InChI is InChI=1S/C23H31ClN4O2/c1-17(2)15-28-23(24)21(18(3)25-28)9-10-22(29)27-13-11-26(12-14-27)16-19-5-7-20(30-4)8-6-19/h5-10,17H,11-16H2,1-4H3/p+1/b10-9+. The number of methoxy groups -OCH3 is 1. The fraction of sp³-hybridized carbons (Fsp3) is 0.478. The Bertz CT molecular complexity index is 881. The molecule has 7 heteroatoms. The molecule has 0 aliphatic carbocycles. The van der Waals surface area contributed by atoms with Crippen LogP contribution in [0.3, 0.4) is 0 Å². The lowest BCUT2D eigenvalue weighted by Crippen LogP contribution is -3.13. The first kappa shape index (κ1) is 22.4. The molecule has 162 valence electrons. The van der Waals surface area contributed by atoms with Gasteiger partial charge >= 0.3 is 0 Å². The molecule has 0 spiro atoms. The van der Waals surface area contributed by atoms with E-state index >= 15 is 0 Å². The molecule has 0 saturated carbocycles. The van der Waals surface area contributed by atoms with Crippen LogP contribution in [-0.4, -0.2) is 53.9 Å². The van der Waals surface area contributed by atoms with Gasteiger partial charge < -0.3 is 14.5 Å². The Hall–Kier alpha value is -2.31. The quantitative estimate of drug-likeness (QED) is 0.685. The number of carbonyl (C=O) groups is 1. The van der Waals surface area contributed by atoms with Crippen molar-refractivity contribution in [2.75, 3.05) is 33.3 Å². The van der Waals surface area contributed by atoms with Gasteiger partial charge in [-0.05, 0) is 43.2 Å². The van der Waals surface area contributed by atoms with Gasteiger partial charge in [0.05, 0.1) is 39.0 Å². The van der Waals surface area contributed by atoms with Crippen LogP contribution in [0.1, 0.15) is 30.7 Å². The molecule has 1 fully saturated rings. The molecule has 30 heavy (non-hydrogen) atoms. The zero-order valence-electron chi connectivity index (χ0n) is 18.3. The van der Waals surface area contributed by atoms with E-state index in [1.807, 2.05) is 28.6 Å². The lowest BCUT2D eigenvalue weighted by Gasteiger charge is -2.31. The Labute approximate surface area is 184 Å². The molecule has 0 bridgehead atoms. The van der Waals surface area contributed by atoms with Crippen molar-refractivity contribution in [3.05, 3.63) is 52.3 Å². The Morgan fingerprint density at radius 2 is 1.93 bits per heavy atom. The van der Waals surface area contributed by atoms with Gasteiger partial charge in [0.15, 0.2) is 0 Å². The van der Waals surface area contributed by atoms with E-state index in [1.165, 1.54) is 10.5 Å². The highest BCUT2D eigenvalue weighted by Gasteiger charge is 2.23. The van der Waals surface area contributed by atoms with Gasteiger partial charge in [0.25, 0.3) is 0 Å². The molecule has 0 unspecified atom stereocenters. The third kappa shape index (κ3) is 5.64.